The lowest BCUT2D eigenvalue weighted by Crippen LogP contribution is -2.27. The van der Waals surface area contributed by atoms with E-state index in [-0.39, 0.29) is 0 Å². The van der Waals surface area contributed by atoms with E-state index in [1.807, 2.05) is 24.4 Å². The van der Waals surface area contributed by atoms with Gasteiger partial charge in [-0.2, -0.15) is 0 Å². The number of rotatable bonds is 5. The molecule has 0 saturated carbocycles. The highest BCUT2D eigenvalue weighted by Gasteiger charge is 2.04. The molecule has 2 aromatic rings. The monoisotopic (exact) mass is 338 g/mol. The maximum atomic E-state index is 5.98. The van der Waals surface area contributed by atoms with Gasteiger partial charge in [0.05, 0.1) is 0 Å². The Morgan fingerprint density at radius 2 is 2.11 bits per heavy atom. The molecule has 0 spiro atoms. The van der Waals surface area contributed by atoms with Crippen LogP contribution in [0.4, 0.5) is 0 Å². The second kappa shape index (κ2) is 7.04. The fourth-order valence-electron chi connectivity index (χ4n) is 1.93. The van der Waals surface area contributed by atoms with Crippen LogP contribution in [0.25, 0.3) is 0 Å². The third-order valence-corrected chi connectivity index (χ3v) is 3.52. The van der Waals surface area contributed by atoms with E-state index in [4.69, 9.17) is 11.6 Å². The van der Waals surface area contributed by atoms with Gasteiger partial charge in [-0.3, -0.25) is 4.98 Å². The Morgan fingerprint density at radius 1 is 1.26 bits per heavy atom. The van der Waals surface area contributed by atoms with E-state index in [2.05, 4.69) is 45.3 Å². The average molecular weight is 340 g/mol. The molecule has 1 aromatic heterocycles. The summed E-state index contributed by atoms with van der Waals surface area (Å²) in [7, 11) is 0. The van der Waals surface area contributed by atoms with Crippen LogP contribution < -0.4 is 5.32 Å². The molecule has 2 rings (SSSR count). The molecule has 19 heavy (non-hydrogen) atoms. The smallest absolute Gasteiger partial charge is 0.0410 e. The summed E-state index contributed by atoms with van der Waals surface area (Å²) in [4.78, 5) is 4.15. The molecule has 1 unspecified atom stereocenters. The van der Waals surface area contributed by atoms with Crippen LogP contribution in [0.5, 0.6) is 0 Å². The van der Waals surface area contributed by atoms with E-state index < -0.39 is 0 Å². The molecule has 0 radical (unpaired) electrons. The third kappa shape index (κ3) is 4.94. The van der Waals surface area contributed by atoms with Gasteiger partial charge in [0, 0.05) is 34.5 Å². The summed E-state index contributed by atoms with van der Waals surface area (Å²) >= 11 is 9.41. The summed E-state index contributed by atoms with van der Waals surface area (Å²) in [6, 6.07) is 10.5. The molecular formula is C15H16BrClN2. The predicted molar refractivity (Wildman–Crippen MR) is 83.4 cm³/mol. The van der Waals surface area contributed by atoms with Crippen LogP contribution in [0.3, 0.4) is 0 Å². The second-order valence-corrected chi connectivity index (χ2v) is 5.98. The Morgan fingerprint density at radius 3 is 2.84 bits per heavy atom. The van der Waals surface area contributed by atoms with Crippen molar-refractivity contribution in [3.05, 3.63) is 63.3 Å². The zero-order chi connectivity index (χ0) is 13.7. The highest BCUT2D eigenvalue weighted by atomic mass is 79.9. The van der Waals surface area contributed by atoms with Gasteiger partial charge >= 0.3 is 0 Å². The van der Waals surface area contributed by atoms with E-state index in [0.29, 0.717) is 6.04 Å². The zero-order valence-electron chi connectivity index (χ0n) is 10.7. The molecular weight excluding hydrogens is 324 g/mol. The van der Waals surface area contributed by atoms with Gasteiger partial charge in [0.2, 0.25) is 0 Å². The van der Waals surface area contributed by atoms with Gasteiger partial charge in [0.25, 0.3) is 0 Å². The van der Waals surface area contributed by atoms with Gasteiger partial charge in [-0.05, 0) is 58.6 Å². The fourth-order valence-corrected chi connectivity index (χ4v) is 2.56. The maximum absolute atomic E-state index is 5.98. The van der Waals surface area contributed by atoms with Crippen LogP contribution in [-0.4, -0.2) is 11.0 Å². The summed E-state index contributed by atoms with van der Waals surface area (Å²) in [5.41, 5.74) is 2.42. The number of pyridine rings is 1. The molecule has 0 saturated heterocycles. The van der Waals surface area contributed by atoms with Gasteiger partial charge in [-0.15, -0.1) is 0 Å². The van der Waals surface area contributed by atoms with E-state index in [1.165, 1.54) is 11.1 Å². The van der Waals surface area contributed by atoms with E-state index in [0.717, 1.165) is 22.5 Å². The van der Waals surface area contributed by atoms with Crippen LogP contribution >= 0.6 is 27.5 Å². The van der Waals surface area contributed by atoms with Gasteiger partial charge < -0.3 is 5.32 Å². The fraction of sp³-hybridized carbons (Fsp3) is 0.267. The average Bonchev–Trinajstić information content (AvgIpc) is 2.36. The standard InChI is InChI=1S/C15H16BrClN2/c1-11(5-12-3-2-4-15(17)7-12)19-9-13-6-14(16)10-18-8-13/h2-4,6-8,10-11,19H,5,9H2,1H3. The molecule has 0 fully saturated rings. The second-order valence-electron chi connectivity index (χ2n) is 4.63. The number of halogens is 2. The van der Waals surface area contributed by atoms with Crippen molar-refractivity contribution in [3.63, 3.8) is 0 Å². The summed E-state index contributed by atoms with van der Waals surface area (Å²) in [6.07, 6.45) is 4.63. The molecule has 4 heteroatoms. The van der Waals surface area contributed by atoms with Crippen molar-refractivity contribution in [2.45, 2.75) is 25.9 Å². The number of hydrogen-bond acceptors (Lipinski definition) is 2. The minimum absolute atomic E-state index is 0.387. The van der Waals surface area contributed by atoms with Crippen LogP contribution in [-0.2, 0) is 13.0 Å². The number of aromatic nitrogens is 1. The largest absolute Gasteiger partial charge is 0.310 e. The van der Waals surface area contributed by atoms with E-state index >= 15 is 0 Å². The molecule has 1 heterocycles. The minimum Gasteiger partial charge on any atom is -0.310 e. The summed E-state index contributed by atoms with van der Waals surface area (Å²) in [6.45, 7) is 2.99. The highest BCUT2D eigenvalue weighted by molar-refractivity contribution is 9.10. The lowest BCUT2D eigenvalue weighted by molar-refractivity contribution is 0.545. The number of hydrogen-bond donors (Lipinski definition) is 1. The van der Waals surface area contributed by atoms with Crippen LogP contribution in [0.15, 0.2) is 47.2 Å². The van der Waals surface area contributed by atoms with E-state index in [1.54, 1.807) is 6.20 Å². The predicted octanol–water partition coefficient (Wildman–Crippen LogP) is 4.22. The summed E-state index contributed by atoms with van der Waals surface area (Å²) in [5.74, 6) is 0. The number of nitrogens with one attached hydrogen (secondary N) is 1. The first-order chi connectivity index (χ1) is 9.13. The Labute approximate surface area is 127 Å². The molecule has 0 aliphatic carbocycles. The number of nitrogens with zero attached hydrogens (tertiary/aromatic N) is 1. The lowest BCUT2D eigenvalue weighted by Gasteiger charge is -2.14. The first kappa shape index (κ1) is 14.5. The first-order valence-corrected chi connectivity index (χ1v) is 7.38. The Hall–Kier alpha value is -0.900. The van der Waals surface area contributed by atoms with Crippen molar-refractivity contribution >= 4 is 27.5 Å². The normalized spacial score (nSPS) is 12.4. The quantitative estimate of drug-likeness (QED) is 0.882. The lowest BCUT2D eigenvalue weighted by atomic mass is 10.1. The minimum atomic E-state index is 0.387. The Kier molecular flexibility index (Phi) is 5.37. The molecule has 1 atom stereocenters. The summed E-state index contributed by atoms with van der Waals surface area (Å²) in [5, 5.41) is 4.28. The molecule has 0 amide bonds. The highest BCUT2D eigenvalue weighted by Crippen LogP contribution is 2.13. The molecule has 2 nitrogen and oxygen atoms in total. The molecule has 1 aromatic carbocycles. The van der Waals surface area contributed by atoms with Gasteiger partial charge in [0.15, 0.2) is 0 Å². The molecule has 1 N–H and O–H groups in total. The molecule has 0 aliphatic rings. The van der Waals surface area contributed by atoms with Gasteiger partial charge in [0.1, 0.15) is 0 Å². The van der Waals surface area contributed by atoms with Crippen molar-refractivity contribution in [1.29, 1.82) is 0 Å². The third-order valence-electron chi connectivity index (χ3n) is 2.85. The molecule has 0 aliphatic heterocycles. The SMILES string of the molecule is CC(Cc1cccc(Cl)c1)NCc1cncc(Br)c1. The van der Waals surface area contributed by atoms with Crippen LogP contribution in [0.1, 0.15) is 18.1 Å². The van der Waals surface area contributed by atoms with Gasteiger partial charge in [-0.1, -0.05) is 23.7 Å². The summed E-state index contributed by atoms with van der Waals surface area (Å²) < 4.78 is 1.01. The Balaban J connectivity index is 1.86. The Bertz CT molecular complexity index is 545. The van der Waals surface area contributed by atoms with Crippen molar-refractivity contribution < 1.29 is 0 Å². The zero-order valence-corrected chi connectivity index (χ0v) is 13.1. The van der Waals surface area contributed by atoms with Gasteiger partial charge in [-0.25, -0.2) is 0 Å². The molecule has 100 valence electrons. The number of benzene rings is 1. The first-order valence-electron chi connectivity index (χ1n) is 6.21. The topological polar surface area (TPSA) is 24.9 Å². The molecule has 0 bridgehead atoms. The van der Waals surface area contributed by atoms with Crippen LogP contribution in [0, 0.1) is 0 Å². The van der Waals surface area contributed by atoms with Crippen molar-refractivity contribution in [3.8, 4) is 0 Å². The van der Waals surface area contributed by atoms with Crippen molar-refractivity contribution in [2.75, 3.05) is 0 Å². The van der Waals surface area contributed by atoms with Crippen LogP contribution in [0.2, 0.25) is 5.02 Å². The van der Waals surface area contributed by atoms with Crippen molar-refractivity contribution in [1.82, 2.24) is 10.3 Å². The van der Waals surface area contributed by atoms with Crippen molar-refractivity contribution in [2.24, 2.45) is 0 Å². The van der Waals surface area contributed by atoms with E-state index in [9.17, 15) is 0 Å². The maximum Gasteiger partial charge on any atom is 0.0410 e.